The molecule has 128 valence electrons. The first kappa shape index (κ1) is 16.4. The van der Waals surface area contributed by atoms with Crippen LogP contribution in [0.25, 0.3) is 0 Å². The van der Waals surface area contributed by atoms with Gasteiger partial charge >= 0.3 is 0 Å². The van der Waals surface area contributed by atoms with Crippen molar-refractivity contribution in [1.82, 2.24) is 15.1 Å². The van der Waals surface area contributed by atoms with Crippen molar-refractivity contribution in [3.05, 3.63) is 68.3 Å². The number of aromatic nitrogens is 2. The van der Waals surface area contributed by atoms with E-state index in [1.54, 1.807) is 11.3 Å². The molecule has 0 unspecified atom stereocenters. The number of piperidine rings is 1. The average Bonchev–Trinajstić information content (AvgIpc) is 3.34. The maximum absolute atomic E-state index is 12.6. The van der Waals surface area contributed by atoms with Crippen molar-refractivity contribution in [2.75, 3.05) is 13.1 Å². The average molecular weight is 370 g/mol. The quantitative estimate of drug-likeness (QED) is 0.692. The molecule has 0 spiro atoms. The molecule has 1 aromatic carbocycles. The number of amides is 1. The van der Waals surface area contributed by atoms with Crippen LogP contribution < -0.4 is 0 Å². The summed E-state index contributed by atoms with van der Waals surface area (Å²) in [5, 5.41) is 12.9. The minimum Gasteiger partial charge on any atom is -0.337 e. The molecule has 0 radical (unpaired) electrons. The molecule has 25 heavy (non-hydrogen) atoms. The Labute approximate surface area is 155 Å². The van der Waals surface area contributed by atoms with Crippen LogP contribution in [0.1, 0.15) is 44.0 Å². The van der Waals surface area contributed by atoms with Crippen LogP contribution in [0.3, 0.4) is 0 Å². The fourth-order valence-electron chi connectivity index (χ4n) is 3.19. The van der Waals surface area contributed by atoms with Gasteiger partial charge in [-0.25, -0.2) is 0 Å². The standard InChI is InChI=1S/C19H19N3OS2/c23-19(16-9-5-11-24-16)22-10-4-8-15(13-22)18-21-20-17(25-18)12-14-6-2-1-3-7-14/h1-3,5-7,9,11,15H,4,8,10,12-13H2/t15-/m1/s1. The predicted octanol–water partition coefficient (Wildman–Crippen LogP) is 4.21. The minimum atomic E-state index is 0.147. The van der Waals surface area contributed by atoms with E-state index in [1.165, 1.54) is 16.9 Å². The zero-order valence-corrected chi connectivity index (χ0v) is 15.4. The van der Waals surface area contributed by atoms with Gasteiger partial charge in [0.25, 0.3) is 5.91 Å². The van der Waals surface area contributed by atoms with Gasteiger partial charge in [0.2, 0.25) is 0 Å². The van der Waals surface area contributed by atoms with Crippen LogP contribution in [0.2, 0.25) is 0 Å². The van der Waals surface area contributed by atoms with Crippen LogP contribution in [0, 0.1) is 0 Å². The molecule has 1 aliphatic heterocycles. The smallest absolute Gasteiger partial charge is 0.263 e. The monoisotopic (exact) mass is 369 g/mol. The largest absolute Gasteiger partial charge is 0.337 e. The zero-order chi connectivity index (χ0) is 17.1. The zero-order valence-electron chi connectivity index (χ0n) is 13.8. The van der Waals surface area contributed by atoms with Crippen LogP contribution in [0.5, 0.6) is 0 Å². The van der Waals surface area contributed by atoms with Gasteiger partial charge < -0.3 is 4.90 Å². The third-order valence-electron chi connectivity index (χ3n) is 4.47. The maximum Gasteiger partial charge on any atom is 0.263 e. The Morgan fingerprint density at radius 2 is 2.04 bits per heavy atom. The highest BCUT2D eigenvalue weighted by atomic mass is 32.1. The van der Waals surface area contributed by atoms with E-state index in [0.717, 1.165) is 47.2 Å². The first-order valence-corrected chi connectivity index (χ1v) is 10.2. The van der Waals surface area contributed by atoms with E-state index in [-0.39, 0.29) is 5.91 Å². The second-order valence-electron chi connectivity index (χ2n) is 6.26. The second-order valence-corrected chi connectivity index (χ2v) is 8.31. The molecule has 1 saturated heterocycles. The Hall–Kier alpha value is -2.05. The lowest BCUT2D eigenvalue weighted by Crippen LogP contribution is -2.38. The van der Waals surface area contributed by atoms with Gasteiger partial charge in [-0.15, -0.1) is 32.9 Å². The molecule has 3 aromatic rings. The van der Waals surface area contributed by atoms with Crippen molar-refractivity contribution in [3.8, 4) is 0 Å². The molecule has 0 bridgehead atoms. The summed E-state index contributed by atoms with van der Waals surface area (Å²) >= 11 is 3.20. The molecule has 6 heteroatoms. The maximum atomic E-state index is 12.6. The summed E-state index contributed by atoms with van der Waals surface area (Å²) in [5.74, 6) is 0.452. The number of likely N-dealkylation sites (tertiary alicyclic amines) is 1. The number of rotatable bonds is 4. The van der Waals surface area contributed by atoms with Crippen LogP contribution >= 0.6 is 22.7 Å². The van der Waals surface area contributed by atoms with Crippen molar-refractivity contribution in [3.63, 3.8) is 0 Å². The summed E-state index contributed by atoms with van der Waals surface area (Å²) in [5.41, 5.74) is 1.25. The Bertz CT molecular complexity index is 829. The predicted molar refractivity (Wildman–Crippen MR) is 101 cm³/mol. The van der Waals surface area contributed by atoms with Gasteiger partial charge in [-0.05, 0) is 29.9 Å². The number of carbonyl (C=O) groups excluding carboxylic acids is 1. The molecule has 1 aliphatic rings. The Kier molecular flexibility index (Phi) is 4.90. The van der Waals surface area contributed by atoms with Crippen molar-refractivity contribution < 1.29 is 4.79 Å². The highest BCUT2D eigenvalue weighted by molar-refractivity contribution is 7.12. The van der Waals surface area contributed by atoms with E-state index in [0.29, 0.717) is 5.92 Å². The van der Waals surface area contributed by atoms with E-state index in [4.69, 9.17) is 0 Å². The lowest BCUT2D eigenvalue weighted by atomic mass is 9.98. The number of nitrogens with zero attached hydrogens (tertiary/aromatic N) is 3. The fraction of sp³-hybridized carbons (Fsp3) is 0.316. The van der Waals surface area contributed by atoms with Gasteiger partial charge in [0.05, 0.1) is 4.88 Å². The lowest BCUT2D eigenvalue weighted by Gasteiger charge is -2.31. The lowest BCUT2D eigenvalue weighted by molar-refractivity contribution is 0.0712. The van der Waals surface area contributed by atoms with Gasteiger partial charge in [0.1, 0.15) is 10.0 Å². The summed E-state index contributed by atoms with van der Waals surface area (Å²) in [6, 6.07) is 14.2. The van der Waals surface area contributed by atoms with Crippen LogP contribution in [0.4, 0.5) is 0 Å². The number of benzene rings is 1. The number of carbonyl (C=O) groups is 1. The van der Waals surface area contributed by atoms with Gasteiger partial charge in [0, 0.05) is 25.4 Å². The summed E-state index contributed by atoms with van der Waals surface area (Å²) in [6.45, 7) is 1.58. The molecule has 1 amide bonds. The van der Waals surface area contributed by atoms with E-state index < -0.39 is 0 Å². The highest BCUT2D eigenvalue weighted by Gasteiger charge is 2.28. The number of hydrogen-bond acceptors (Lipinski definition) is 5. The molecule has 4 rings (SSSR count). The van der Waals surface area contributed by atoms with Crippen LogP contribution in [0.15, 0.2) is 47.8 Å². The van der Waals surface area contributed by atoms with E-state index in [9.17, 15) is 4.79 Å². The molecule has 0 saturated carbocycles. The summed E-state index contributed by atoms with van der Waals surface area (Å²) < 4.78 is 0. The van der Waals surface area contributed by atoms with E-state index in [2.05, 4.69) is 22.3 Å². The molecule has 1 fully saturated rings. The van der Waals surface area contributed by atoms with Crippen molar-refractivity contribution in [2.24, 2.45) is 0 Å². The molecular formula is C19H19N3OS2. The molecule has 2 aromatic heterocycles. The molecule has 1 atom stereocenters. The Morgan fingerprint density at radius 3 is 2.84 bits per heavy atom. The third kappa shape index (κ3) is 3.80. The van der Waals surface area contributed by atoms with Crippen molar-refractivity contribution >= 4 is 28.6 Å². The fourth-order valence-corrected chi connectivity index (χ4v) is 4.89. The summed E-state index contributed by atoms with van der Waals surface area (Å²) in [4.78, 5) is 15.4. The third-order valence-corrected chi connectivity index (χ3v) is 6.41. The number of thiophene rings is 1. The molecular weight excluding hydrogens is 350 g/mol. The molecule has 4 nitrogen and oxygen atoms in total. The number of hydrogen-bond donors (Lipinski definition) is 0. The SMILES string of the molecule is O=C(c1cccs1)N1CCC[C@@H](c2nnc(Cc3ccccc3)s2)C1. The summed E-state index contributed by atoms with van der Waals surface area (Å²) in [6.07, 6.45) is 2.92. The van der Waals surface area contributed by atoms with E-state index in [1.807, 2.05) is 40.6 Å². The van der Waals surface area contributed by atoms with E-state index >= 15 is 0 Å². The Balaban J connectivity index is 1.44. The summed E-state index contributed by atoms with van der Waals surface area (Å²) in [7, 11) is 0. The van der Waals surface area contributed by atoms with Crippen molar-refractivity contribution in [1.29, 1.82) is 0 Å². The second kappa shape index (κ2) is 7.45. The van der Waals surface area contributed by atoms with Gasteiger partial charge in [0.15, 0.2) is 0 Å². The first-order chi connectivity index (χ1) is 12.3. The van der Waals surface area contributed by atoms with Gasteiger partial charge in [-0.3, -0.25) is 4.79 Å². The first-order valence-electron chi connectivity index (χ1n) is 8.48. The van der Waals surface area contributed by atoms with Gasteiger partial charge in [-0.1, -0.05) is 36.4 Å². The highest BCUT2D eigenvalue weighted by Crippen LogP contribution is 2.30. The normalized spacial score (nSPS) is 17.6. The van der Waals surface area contributed by atoms with Crippen molar-refractivity contribution in [2.45, 2.75) is 25.2 Å². The Morgan fingerprint density at radius 1 is 1.16 bits per heavy atom. The molecule has 0 aliphatic carbocycles. The van der Waals surface area contributed by atoms with Crippen LogP contribution in [-0.4, -0.2) is 34.1 Å². The molecule has 3 heterocycles. The topological polar surface area (TPSA) is 46.1 Å². The van der Waals surface area contributed by atoms with Gasteiger partial charge in [-0.2, -0.15) is 0 Å². The minimum absolute atomic E-state index is 0.147. The molecule has 0 N–H and O–H groups in total. The van der Waals surface area contributed by atoms with Crippen LogP contribution in [-0.2, 0) is 6.42 Å².